The van der Waals surface area contributed by atoms with Gasteiger partial charge in [0.1, 0.15) is 25.5 Å². The first-order valence-corrected chi connectivity index (χ1v) is 22.3. The van der Waals surface area contributed by atoms with E-state index in [0.717, 1.165) is 12.8 Å². The van der Waals surface area contributed by atoms with Crippen molar-refractivity contribution in [2.45, 2.75) is 115 Å². The molecule has 0 radical (unpaired) electrons. The lowest BCUT2D eigenvalue weighted by molar-refractivity contribution is 0.158. The molecule has 3 atom stereocenters. The summed E-state index contributed by atoms with van der Waals surface area (Å²) in [6.07, 6.45) is 1.08. The molecule has 18 nitrogen and oxygen atoms in total. The molecule has 3 amide bonds. The average molecular weight is 787 g/mol. The zero-order valence-electron chi connectivity index (χ0n) is 30.3. The summed E-state index contributed by atoms with van der Waals surface area (Å²) in [7, 11) is -10.7. The summed E-state index contributed by atoms with van der Waals surface area (Å²) in [5, 5.41) is 14.7. The molecule has 3 unspecified atom stereocenters. The van der Waals surface area contributed by atoms with Crippen LogP contribution in [0.2, 0.25) is 0 Å². The smallest absolute Gasteiger partial charge is 0.412 e. The van der Waals surface area contributed by atoms with Gasteiger partial charge in [0.25, 0.3) is 0 Å². The highest BCUT2D eigenvalue weighted by atomic mass is 32.2. The predicted molar refractivity (Wildman–Crippen MR) is 193 cm³/mol. The van der Waals surface area contributed by atoms with Gasteiger partial charge in [0.2, 0.25) is 0 Å². The number of carbonyl (C=O) groups is 3. The molecule has 0 aromatic carbocycles. The number of rotatable bonds is 24. The number of hydrogen-bond donors (Lipinski definition) is 3. The van der Waals surface area contributed by atoms with E-state index < -0.39 is 101 Å². The molecule has 0 spiro atoms. The predicted octanol–water partition coefficient (Wildman–Crippen LogP) is 4.50. The van der Waals surface area contributed by atoms with Gasteiger partial charge in [-0.3, -0.25) is 16.0 Å². The molecule has 51 heavy (non-hydrogen) atoms. The maximum atomic E-state index is 13.0. The van der Waals surface area contributed by atoms with Gasteiger partial charge in [-0.15, -0.1) is 10.2 Å². The van der Waals surface area contributed by atoms with Gasteiger partial charge in [0.15, 0.2) is 41.1 Å². The highest BCUT2D eigenvalue weighted by molar-refractivity contribution is 7.92. The van der Waals surface area contributed by atoms with Crippen molar-refractivity contribution >= 4 is 65.1 Å². The number of amides is 3. The number of carbonyl (C=O) groups excluding carboxylic acids is 3. The Hall–Kier alpha value is -3.33. The summed E-state index contributed by atoms with van der Waals surface area (Å²) >= 11 is 0. The van der Waals surface area contributed by atoms with Crippen molar-refractivity contribution in [1.29, 1.82) is 0 Å². The summed E-state index contributed by atoms with van der Waals surface area (Å²) in [5.41, 5.74) is -0.472. The van der Waals surface area contributed by atoms with Crippen molar-refractivity contribution in [2.24, 2.45) is 0 Å². The molecule has 0 bridgehead atoms. The third kappa shape index (κ3) is 15.8. The van der Waals surface area contributed by atoms with Gasteiger partial charge >= 0.3 is 18.3 Å². The van der Waals surface area contributed by atoms with Gasteiger partial charge < -0.3 is 14.2 Å². The van der Waals surface area contributed by atoms with Crippen LogP contribution in [0.3, 0.4) is 0 Å². The van der Waals surface area contributed by atoms with Gasteiger partial charge in [0.05, 0.1) is 15.7 Å². The normalized spacial score (nSPS) is 13.8. The Morgan fingerprint density at radius 3 is 1.10 bits per heavy atom. The summed E-state index contributed by atoms with van der Waals surface area (Å²) in [5.74, 6) is -1.51. The number of anilines is 3. The molecular formula is C30H54N6O12S3. The van der Waals surface area contributed by atoms with E-state index in [1.54, 1.807) is 0 Å². The molecule has 294 valence electrons. The molecule has 1 rings (SSSR count). The van der Waals surface area contributed by atoms with Crippen LogP contribution in [0.5, 0.6) is 0 Å². The van der Waals surface area contributed by atoms with Gasteiger partial charge in [-0.25, -0.2) is 39.6 Å². The largest absolute Gasteiger partial charge is 0.448 e. The zero-order chi connectivity index (χ0) is 38.7. The molecule has 0 fully saturated rings. The minimum atomic E-state index is -3.59. The topological polar surface area (TPSA) is 256 Å². The van der Waals surface area contributed by atoms with E-state index in [0.29, 0.717) is 25.7 Å². The summed E-state index contributed by atoms with van der Waals surface area (Å²) < 4.78 is 90.9. The van der Waals surface area contributed by atoms with Crippen molar-refractivity contribution < 1.29 is 53.8 Å². The highest BCUT2D eigenvalue weighted by Crippen LogP contribution is 2.27. The Bertz CT molecular complexity index is 1510. The van der Waals surface area contributed by atoms with Gasteiger partial charge in [-0.2, -0.15) is 0 Å². The van der Waals surface area contributed by atoms with Crippen molar-refractivity contribution in [3.05, 3.63) is 0 Å². The number of hydrogen-bond acceptors (Lipinski definition) is 15. The van der Waals surface area contributed by atoms with E-state index >= 15 is 0 Å². The van der Waals surface area contributed by atoms with E-state index in [1.807, 2.05) is 20.8 Å². The van der Waals surface area contributed by atoms with E-state index in [1.165, 1.54) is 20.8 Å². The second-order valence-corrected chi connectivity index (χ2v) is 19.4. The first kappa shape index (κ1) is 45.7. The number of ether oxygens (including phenoxy) is 3. The van der Waals surface area contributed by atoms with Gasteiger partial charge in [-0.1, -0.05) is 80.1 Å². The molecule has 0 saturated carbocycles. The fourth-order valence-electron chi connectivity index (χ4n) is 4.63. The van der Waals surface area contributed by atoms with E-state index in [4.69, 9.17) is 14.2 Å². The molecule has 1 heterocycles. The number of unbranched alkanes of at least 4 members (excludes halogenated alkanes) is 3. The van der Waals surface area contributed by atoms with Crippen LogP contribution in [0, 0.1) is 0 Å². The maximum Gasteiger partial charge on any atom is 0.412 e. The second-order valence-electron chi connectivity index (χ2n) is 11.7. The minimum absolute atomic E-state index is 0.161. The van der Waals surface area contributed by atoms with Crippen LogP contribution in [-0.4, -0.2) is 112 Å². The van der Waals surface area contributed by atoms with Crippen LogP contribution in [-0.2, 0) is 43.7 Å². The quantitative estimate of drug-likeness (QED) is 0.122. The Labute approximate surface area is 301 Å². The first-order valence-electron chi connectivity index (χ1n) is 17.2. The number of nitrogens with one attached hydrogen (secondary N) is 3. The lowest BCUT2D eigenvalue weighted by Gasteiger charge is -2.19. The molecule has 3 N–H and O–H groups in total. The zero-order valence-corrected chi connectivity index (χ0v) is 32.8. The van der Waals surface area contributed by atoms with E-state index in [2.05, 4.69) is 31.4 Å². The highest BCUT2D eigenvalue weighted by Gasteiger charge is 2.29. The number of sulfone groups is 3. The Kier molecular flexibility index (Phi) is 20.2. The number of aromatic nitrogens is 3. The van der Waals surface area contributed by atoms with Crippen LogP contribution in [0.4, 0.5) is 31.7 Å². The van der Waals surface area contributed by atoms with Crippen LogP contribution in [0.25, 0.3) is 0 Å². The second kappa shape index (κ2) is 22.6. The van der Waals surface area contributed by atoms with Crippen LogP contribution in [0.15, 0.2) is 0 Å². The fourth-order valence-corrected chi connectivity index (χ4v) is 8.45. The van der Waals surface area contributed by atoms with Crippen molar-refractivity contribution in [2.75, 3.05) is 53.0 Å². The molecule has 0 aliphatic rings. The Morgan fingerprint density at radius 1 is 0.529 bits per heavy atom. The summed E-state index contributed by atoms with van der Waals surface area (Å²) in [6, 6.07) is 0. The summed E-state index contributed by atoms with van der Waals surface area (Å²) in [6.45, 7) is 8.64. The molecule has 1 aromatic heterocycles. The first-order chi connectivity index (χ1) is 24.0. The summed E-state index contributed by atoms with van der Waals surface area (Å²) in [4.78, 5) is 38.6. The maximum absolute atomic E-state index is 13.0. The molecule has 0 saturated heterocycles. The molecular weight excluding hydrogens is 733 g/mol. The lowest BCUT2D eigenvalue weighted by Crippen LogP contribution is -2.32. The standard InChI is InChI=1S/C30H54N6O12S3/c1-7-13-16-22(49(40,41)10-4)19-46-28(37)31-25-26(32-29(38)47-20-23(17-14-8-2)50(42,43)11-5)34-36-35-27(25)33-30(39)48-21-24(18-15-9-3)51(44,45)12-6/h22-24H,7-21H2,1-6H3,(H,31,36,37)(H2,32,33,34,35,38,39). The third-order valence-electron chi connectivity index (χ3n) is 8.00. The van der Waals surface area contributed by atoms with Crippen LogP contribution >= 0.6 is 0 Å². The SMILES string of the molecule is CCCCC(COC(=O)Nc1nnnc(NC(=O)OCC(CCCC)S(=O)(=O)CC)c1NC(=O)OCC(CCCC)S(=O)(=O)CC)S(=O)(=O)CC. The van der Waals surface area contributed by atoms with Crippen molar-refractivity contribution in [3.8, 4) is 0 Å². The van der Waals surface area contributed by atoms with E-state index in [9.17, 15) is 39.6 Å². The molecule has 0 aliphatic heterocycles. The molecule has 0 aliphatic carbocycles. The third-order valence-corrected chi connectivity index (χ3v) is 14.6. The fraction of sp³-hybridized carbons (Fsp3) is 0.800. The van der Waals surface area contributed by atoms with Crippen LogP contribution < -0.4 is 16.0 Å². The lowest BCUT2D eigenvalue weighted by atomic mass is 10.2. The Morgan fingerprint density at radius 2 is 0.824 bits per heavy atom. The van der Waals surface area contributed by atoms with Crippen molar-refractivity contribution in [1.82, 2.24) is 15.4 Å². The van der Waals surface area contributed by atoms with E-state index in [-0.39, 0.29) is 36.5 Å². The number of nitrogens with zero attached hydrogens (tertiary/aromatic N) is 3. The average Bonchev–Trinajstić information content (AvgIpc) is 3.09. The minimum Gasteiger partial charge on any atom is -0.448 e. The Balaban J connectivity index is 3.34. The monoisotopic (exact) mass is 786 g/mol. The van der Waals surface area contributed by atoms with Gasteiger partial charge in [0, 0.05) is 17.3 Å². The molecule has 1 aromatic rings. The van der Waals surface area contributed by atoms with Gasteiger partial charge in [-0.05, 0) is 24.5 Å². The van der Waals surface area contributed by atoms with Crippen LogP contribution in [0.1, 0.15) is 99.3 Å². The molecule has 21 heteroatoms. The van der Waals surface area contributed by atoms with Crippen molar-refractivity contribution in [3.63, 3.8) is 0 Å².